The maximum Gasteiger partial charge on any atom is 0.151 e. The summed E-state index contributed by atoms with van der Waals surface area (Å²) in [5.74, 6) is 0.921. The quantitative estimate of drug-likeness (QED) is 0.733. The van der Waals surface area contributed by atoms with Crippen LogP contribution >= 0.6 is 0 Å². The number of pyridine rings is 1. The van der Waals surface area contributed by atoms with Gasteiger partial charge in [-0.3, -0.25) is 4.98 Å². The van der Waals surface area contributed by atoms with Crippen LogP contribution in [-0.4, -0.2) is 39.3 Å². The highest BCUT2D eigenvalue weighted by Gasteiger charge is 2.39. The van der Waals surface area contributed by atoms with Gasteiger partial charge in [-0.2, -0.15) is 0 Å². The zero-order valence-corrected chi connectivity index (χ0v) is 17.4. The number of hydrogen-bond acceptors (Lipinski definition) is 5. The van der Waals surface area contributed by atoms with E-state index in [9.17, 15) is 0 Å². The number of rotatable bonds is 3. The summed E-state index contributed by atoms with van der Waals surface area (Å²) in [6.45, 7) is 9.10. The van der Waals surface area contributed by atoms with Gasteiger partial charge in [0.05, 0.1) is 5.69 Å². The first-order valence-corrected chi connectivity index (χ1v) is 9.93. The number of hydrogen-bond donors (Lipinski definition) is 1. The fraction of sp³-hybridized carbons (Fsp3) is 0.435. The van der Waals surface area contributed by atoms with Crippen molar-refractivity contribution in [3.05, 3.63) is 48.8 Å². The maximum atomic E-state index is 4.55. The fourth-order valence-corrected chi connectivity index (χ4v) is 4.64. The number of piperidine rings is 1. The van der Waals surface area contributed by atoms with Crippen LogP contribution in [0.4, 0.5) is 5.82 Å². The molecule has 1 aliphatic heterocycles. The number of nitrogens with one attached hydrogen (secondary N) is 1. The highest BCUT2D eigenvalue weighted by atomic mass is 15.3. The van der Waals surface area contributed by atoms with Crippen LogP contribution < -0.4 is 10.2 Å². The molecule has 146 valence electrons. The molecule has 0 saturated carbocycles. The standard InChI is InChI=1S/C23H29N5/c1-22(2)13-19(14-23(3,4)27-22)28(5)21-9-8-20(25-26-21)17-7-6-16-10-11-24-15-18(16)12-17/h6-12,15,19,27H,13-14H2,1-5H3. The fourth-order valence-electron chi connectivity index (χ4n) is 4.64. The molecule has 4 rings (SSSR count). The van der Waals surface area contributed by atoms with Crippen LogP contribution in [0, 0.1) is 0 Å². The van der Waals surface area contributed by atoms with E-state index in [2.05, 4.69) is 90.5 Å². The minimum absolute atomic E-state index is 0.104. The summed E-state index contributed by atoms with van der Waals surface area (Å²) in [6.07, 6.45) is 5.85. The predicted octanol–water partition coefficient (Wildman–Crippen LogP) is 4.44. The molecule has 1 aromatic carbocycles. The molecule has 1 saturated heterocycles. The third kappa shape index (κ3) is 3.85. The van der Waals surface area contributed by atoms with Gasteiger partial charge in [0.15, 0.2) is 5.82 Å². The second kappa shape index (κ2) is 6.82. The first kappa shape index (κ1) is 18.8. The van der Waals surface area contributed by atoms with Gasteiger partial charge < -0.3 is 10.2 Å². The lowest BCUT2D eigenvalue weighted by Crippen LogP contribution is -2.62. The van der Waals surface area contributed by atoms with Gasteiger partial charge in [0.2, 0.25) is 0 Å². The summed E-state index contributed by atoms with van der Waals surface area (Å²) >= 11 is 0. The van der Waals surface area contributed by atoms with Crippen molar-refractivity contribution in [3.63, 3.8) is 0 Å². The van der Waals surface area contributed by atoms with Gasteiger partial charge in [0.1, 0.15) is 0 Å². The van der Waals surface area contributed by atoms with E-state index in [-0.39, 0.29) is 11.1 Å². The molecule has 5 heteroatoms. The van der Waals surface area contributed by atoms with Crippen LogP contribution in [0.25, 0.3) is 22.0 Å². The van der Waals surface area contributed by atoms with E-state index in [1.165, 1.54) is 5.39 Å². The number of aromatic nitrogens is 3. The normalized spacial score (nSPS) is 18.9. The molecule has 0 spiro atoms. The Morgan fingerprint density at radius 2 is 1.68 bits per heavy atom. The molecule has 1 N–H and O–H groups in total. The highest BCUT2D eigenvalue weighted by Crippen LogP contribution is 2.33. The van der Waals surface area contributed by atoms with Crippen LogP contribution in [0.5, 0.6) is 0 Å². The Morgan fingerprint density at radius 3 is 2.36 bits per heavy atom. The largest absolute Gasteiger partial charge is 0.355 e. The Kier molecular flexibility index (Phi) is 4.58. The zero-order chi connectivity index (χ0) is 19.9. The van der Waals surface area contributed by atoms with Gasteiger partial charge >= 0.3 is 0 Å². The molecule has 3 aromatic rings. The molecule has 0 aliphatic carbocycles. The monoisotopic (exact) mass is 375 g/mol. The van der Waals surface area contributed by atoms with Crippen LogP contribution in [0.15, 0.2) is 48.8 Å². The molecule has 5 nitrogen and oxygen atoms in total. The van der Waals surface area contributed by atoms with Crippen molar-refractivity contribution in [1.82, 2.24) is 20.5 Å². The lowest BCUT2D eigenvalue weighted by molar-refractivity contribution is 0.160. The molecule has 0 atom stereocenters. The van der Waals surface area contributed by atoms with Crippen LogP contribution in [0.3, 0.4) is 0 Å². The van der Waals surface area contributed by atoms with E-state index in [0.717, 1.165) is 35.3 Å². The number of anilines is 1. The van der Waals surface area contributed by atoms with E-state index >= 15 is 0 Å². The van der Waals surface area contributed by atoms with Gasteiger partial charge in [-0.05, 0) is 70.2 Å². The Labute approximate surface area is 167 Å². The van der Waals surface area contributed by atoms with Crippen LogP contribution in [-0.2, 0) is 0 Å². The van der Waals surface area contributed by atoms with Crippen molar-refractivity contribution in [2.45, 2.75) is 57.7 Å². The van der Waals surface area contributed by atoms with E-state index in [1.807, 2.05) is 18.5 Å². The number of fused-ring (bicyclic) bond motifs is 1. The minimum Gasteiger partial charge on any atom is -0.355 e. The first-order valence-electron chi connectivity index (χ1n) is 9.93. The smallest absolute Gasteiger partial charge is 0.151 e. The van der Waals surface area contributed by atoms with Gasteiger partial charge in [-0.25, -0.2) is 0 Å². The summed E-state index contributed by atoms with van der Waals surface area (Å²) in [5.41, 5.74) is 2.15. The summed E-state index contributed by atoms with van der Waals surface area (Å²) in [5, 5.41) is 15.1. The van der Waals surface area contributed by atoms with E-state index < -0.39 is 0 Å². The molecule has 1 fully saturated rings. The third-order valence-corrected chi connectivity index (χ3v) is 5.66. The van der Waals surface area contributed by atoms with Crippen molar-refractivity contribution in [2.75, 3.05) is 11.9 Å². The Bertz CT molecular complexity index is 962. The van der Waals surface area contributed by atoms with Crippen molar-refractivity contribution < 1.29 is 0 Å². The van der Waals surface area contributed by atoms with Gasteiger partial charge in [-0.1, -0.05) is 12.1 Å². The average Bonchev–Trinajstić information content (AvgIpc) is 2.65. The molecule has 0 bridgehead atoms. The molecular weight excluding hydrogens is 346 g/mol. The Balaban J connectivity index is 1.57. The highest BCUT2D eigenvalue weighted by molar-refractivity contribution is 5.85. The molecule has 1 aliphatic rings. The predicted molar refractivity (Wildman–Crippen MR) is 115 cm³/mol. The molecule has 0 radical (unpaired) electrons. The van der Waals surface area contributed by atoms with Gasteiger partial charge in [-0.15, -0.1) is 10.2 Å². The van der Waals surface area contributed by atoms with E-state index in [1.54, 1.807) is 0 Å². The van der Waals surface area contributed by atoms with Crippen molar-refractivity contribution in [2.24, 2.45) is 0 Å². The number of benzene rings is 1. The van der Waals surface area contributed by atoms with Crippen LogP contribution in [0.2, 0.25) is 0 Å². The second-order valence-electron chi connectivity index (χ2n) is 9.28. The summed E-state index contributed by atoms with van der Waals surface area (Å²) < 4.78 is 0. The van der Waals surface area contributed by atoms with Gasteiger partial charge in [0.25, 0.3) is 0 Å². The molecule has 0 amide bonds. The Morgan fingerprint density at radius 1 is 0.929 bits per heavy atom. The minimum atomic E-state index is 0.104. The second-order valence-corrected chi connectivity index (χ2v) is 9.28. The lowest BCUT2D eigenvalue weighted by atomic mass is 9.79. The van der Waals surface area contributed by atoms with Gasteiger partial charge in [0, 0.05) is 47.5 Å². The van der Waals surface area contributed by atoms with Crippen LogP contribution in [0.1, 0.15) is 40.5 Å². The van der Waals surface area contributed by atoms with Crippen molar-refractivity contribution in [1.29, 1.82) is 0 Å². The average molecular weight is 376 g/mol. The van der Waals surface area contributed by atoms with Crippen molar-refractivity contribution >= 4 is 16.6 Å². The third-order valence-electron chi connectivity index (χ3n) is 5.66. The Hall–Kier alpha value is -2.53. The molecule has 3 heterocycles. The first-order chi connectivity index (χ1) is 13.2. The van der Waals surface area contributed by atoms with E-state index in [0.29, 0.717) is 6.04 Å². The summed E-state index contributed by atoms with van der Waals surface area (Å²) in [7, 11) is 2.13. The zero-order valence-electron chi connectivity index (χ0n) is 17.4. The van der Waals surface area contributed by atoms with E-state index in [4.69, 9.17) is 0 Å². The number of nitrogens with zero attached hydrogens (tertiary/aromatic N) is 4. The van der Waals surface area contributed by atoms with Crippen molar-refractivity contribution in [3.8, 4) is 11.3 Å². The lowest BCUT2D eigenvalue weighted by Gasteiger charge is -2.49. The maximum absolute atomic E-state index is 4.55. The molecular formula is C23H29N5. The molecule has 2 aromatic heterocycles. The summed E-state index contributed by atoms with van der Waals surface area (Å²) in [4.78, 5) is 6.50. The molecule has 28 heavy (non-hydrogen) atoms. The topological polar surface area (TPSA) is 53.9 Å². The molecule has 0 unspecified atom stereocenters. The SMILES string of the molecule is CN(c1ccc(-c2ccc3ccncc3c2)nn1)C1CC(C)(C)NC(C)(C)C1. The summed E-state index contributed by atoms with van der Waals surface area (Å²) in [6, 6.07) is 12.9.